The fourth-order valence-electron chi connectivity index (χ4n) is 2.95. The molecule has 5 heteroatoms. The van der Waals surface area contributed by atoms with Crippen LogP contribution in [-0.2, 0) is 12.8 Å². The first-order valence-electron chi connectivity index (χ1n) is 6.69. The molecule has 1 aliphatic carbocycles. The lowest BCUT2D eigenvalue weighted by Gasteiger charge is -2.30. The molecule has 5 N–H and O–H groups in total. The van der Waals surface area contributed by atoms with Crippen LogP contribution in [0.5, 0.6) is 23.0 Å². The van der Waals surface area contributed by atoms with Crippen LogP contribution in [0.2, 0.25) is 0 Å². The van der Waals surface area contributed by atoms with Crippen LogP contribution in [0.25, 0.3) is 0 Å². The molecule has 21 heavy (non-hydrogen) atoms. The Morgan fingerprint density at radius 3 is 2.29 bits per heavy atom. The molecule has 2 atom stereocenters. The van der Waals surface area contributed by atoms with E-state index in [-0.39, 0.29) is 35.3 Å². The zero-order chi connectivity index (χ0) is 15.1. The number of hydrogen-bond donors (Lipinski definition) is 5. The Balaban J connectivity index is 2.00. The molecule has 0 radical (unpaired) electrons. The summed E-state index contributed by atoms with van der Waals surface area (Å²) in [5.74, 6) is -0.750. The maximum atomic E-state index is 10.3. The van der Waals surface area contributed by atoms with Crippen molar-refractivity contribution in [2.24, 2.45) is 0 Å². The van der Waals surface area contributed by atoms with Crippen molar-refractivity contribution in [3.63, 3.8) is 0 Å². The number of aliphatic hydroxyl groups is 1. The van der Waals surface area contributed by atoms with Gasteiger partial charge in [0.15, 0.2) is 11.5 Å². The normalized spacial score (nSPS) is 21.0. The van der Waals surface area contributed by atoms with Gasteiger partial charge >= 0.3 is 0 Å². The van der Waals surface area contributed by atoms with Crippen molar-refractivity contribution in [2.75, 3.05) is 0 Å². The molecule has 0 saturated heterocycles. The molecular weight excluding hydrogens is 272 g/mol. The summed E-state index contributed by atoms with van der Waals surface area (Å²) in [6.07, 6.45) is -0.00643. The summed E-state index contributed by atoms with van der Waals surface area (Å²) in [4.78, 5) is 0. The smallest absolute Gasteiger partial charge is 0.157 e. The molecule has 1 unspecified atom stereocenters. The Morgan fingerprint density at radius 1 is 0.810 bits per heavy atom. The number of rotatable bonds is 1. The molecule has 5 nitrogen and oxygen atoms in total. The topological polar surface area (TPSA) is 101 Å². The molecule has 0 spiro atoms. The van der Waals surface area contributed by atoms with Crippen LogP contribution < -0.4 is 0 Å². The summed E-state index contributed by atoms with van der Waals surface area (Å²) in [6, 6.07) is 7.30. The first kappa shape index (κ1) is 13.6. The van der Waals surface area contributed by atoms with E-state index in [0.29, 0.717) is 17.5 Å². The zero-order valence-corrected chi connectivity index (χ0v) is 11.2. The highest BCUT2D eigenvalue weighted by molar-refractivity contribution is 5.49. The molecule has 0 heterocycles. The number of hydrogen-bond acceptors (Lipinski definition) is 5. The van der Waals surface area contributed by atoms with Gasteiger partial charge in [-0.25, -0.2) is 0 Å². The lowest BCUT2D eigenvalue weighted by molar-refractivity contribution is 0.134. The third-order valence-corrected chi connectivity index (χ3v) is 4.05. The Hall–Kier alpha value is -2.40. The SMILES string of the molecule is Oc1cc(O)c2c(c1)CC(c1ccc(O)c(O)c1)[C@@H](O)C2. The average Bonchev–Trinajstić information content (AvgIpc) is 2.42. The van der Waals surface area contributed by atoms with E-state index in [1.165, 1.54) is 18.2 Å². The van der Waals surface area contributed by atoms with Gasteiger partial charge in [0, 0.05) is 18.4 Å². The fraction of sp³-hybridized carbons (Fsp3) is 0.250. The Bertz CT molecular complexity index is 695. The van der Waals surface area contributed by atoms with Gasteiger partial charge in [-0.2, -0.15) is 0 Å². The first-order chi connectivity index (χ1) is 9.95. The Kier molecular flexibility index (Phi) is 3.14. The second-order valence-corrected chi connectivity index (χ2v) is 5.43. The molecule has 2 aromatic rings. The highest BCUT2D eigenvalue weighted by Crippen LogP contribution is 2.40. The fourth-order valence-corrected chi connectivity index (χ4v) is 2.95. The van der Waals surface area contributed by atoms with E-state index < -0.39 is 6.10 Å². The minimum Gasteiger partial charge on any atom is -0.508 e. The van der Waals surface area contributed by atoms with Crippen LogP contribution >= 0.6 is 0 Å². The van der Waals surface area contributed by atoms with Crippen molar-refractivity contribution in [1.29, 1.82) is 0 Å². The van der Waals surface area contributed by atoms with Crippen molar-refractivity contribution in [3.8, 4) is 23.0 Å². The standard InChI is InChI=1S/C16H16O5/c17-10-3-9-4-11(8-1-2-13(18)16(21)5-8)15(20)7-12(9)14(19)6-10/h1-3,5-6,11,15,17-21H,4,7H2/t11?,15-/m0/s1. The summed E-state index contributed by atoms with van der Waals surface area (Å²) in [5, 5.41) is 48.7. The van der Waals surface area contributed by atoms with Crippen molar-refractivity contribution in [1.82, 2.24) is 0 Å². The number of benzene rings is 2. The van der Waals surface area contributed by atoms with E-state index >= 15 is 0 Å². The molecule has 3 rings (SSSR count). The second kappa shape index (κ2) is 4.86. The van der Waals surface area contributed by atoms with Crippen molar-refractivity contribution in [2.45, 2.75) is 24.9 Å². The number of phenolic OH excluding ortho intramolecular Hbond substituents is 4. The molecule has 0 saturated carbocycles. The highest BCUT2D eigenvalue weighted by Gasteiger charge is 2.30. The van der Waals surface area contributed by atoms with Gasteiger partial charge in [0.2, 0.25) is 0 Å². The average molecular weight is 288 g/mol. The summed E-state index contributed by atoms with van der Waals surface area (Å²) in [6.45, 7) is 0. The molecular formula is C16H16O5. The summed E-state index contributed by atoms with van der Waals surface area (Å²) >= 11 is 0. The lowest BCUT2D eigenvalue weighted by atomic mass is 9.77. The molecule has 0 fully saturated rings. The van der Waals surface area contributed by atoms with Crippen LogP contribution in [0.3, 0.4) is 0 Å². The Morgan fingerprint density at radius 2 is 1.57 bits per heavy atom. The van der Waals surface area contributed by atoms with Gasteiger partial charge in [-0.1, -0.05) is 6.07 Å². The van der Waals surface area contributed by atoms with Crippen LogP contribution in [-0.4, -0.2) is 31.6 Å². The molecule has 2 aromatic carbocycles. The minimum atomic E-state index is -0.711. The number of aliphatic hydroxyl groups excluding tert-OH is 1. The van der Waals surface area contributed by atoms with E-state index in [0.717, 1.165) is 5.56 Å². The molecule has 0 aromatic heterocycles. The van der Waals surface area contributed by atoms with Crippen molar-refractivity contribution in [3.05, 3.63) is 47.0 Å². The number of aromatic hydroxyl groups is 4. The lowest BCUT2D eigenvalue weighted by Crippen LogP contribution is -2.28. The highest BCUT2D eigenvalue weighted by atomic mass is 16.3. The van der Waals surface area contributed by atoms with Gasteiger partial charge in [0.05, 0.1) is 6.10 Å². The van der Waals surface area contributed by atoms with Gasteiger partial charge in [0.25, 0.3) is 0 Å². The predicted octanol–water partition coefficient (Wildman–Crippen LogP) is 1.75. The zero-order valence-electron chi connectivity index (χ0n) is 11.2. The van der Waals surface area contributed by atoms with E-state index in [9.17, 15) is 25.5 Å². The van der Waals surface area contributed by atoms with Crippen LogP contribution in [0.15, 0.2) is 30.3 Å². The van der Waals surface area contributed by atoms with Crippen LogP contribution in [0, 0.1) is 0 Å². The molecule has 0 amide bonds. The predicted molar refractivity (Wildman–Crippen MR) is 75.7 cm³/mol. The van der Waals surface area contributed by atoms with E-state index in [2.05, 4.69) is 0 Å². The molecule has 110 valence electrons. The molecule has 0 bridgehead atoms. The minimum absolute atomic E-state index is 0.0175. The van der Waals surface area contributed by atoms with Crippen molar-refractivity contribution >= 4 is 0 Å². The maximum absolute atomic E-state index is 10.3. The van der Waals surface area contributed by atoms with Crippen LogP contribution in [0.1, 0.15) is 22.6 Å². The van der Waals surface area contributed by atoms with E-state index in [1.807, 2.05) is 0 Å². The van der Waals surface area contributed by atoms with Gasteiger partial charge < -0.3 is 25.5 Å². The van der Waals surface area contributed by atoms with E-state index in [1.54, 1.807) is 12.1 Å². The molecule has 0 aliphatic heterocycles. The number of phenols is 4. The molecule has 1 aliphatic rings. The third kappa shape index (κ3) is 2.36. The summed E-state index contributed by atoms with van der Waals surface area (Å²) in [5.41, 5.74) is 2.11. The van der Waals surface area contributed by atoms with Gasteiger partial charge in [-0.15, -0.1) is 0 Å². The van der Waals surface area contributed by atoms with Crippen molar-refractivity contribution < 1.29 is 25.5 Å². The largest absolute Gasteiger partial charge is 0.508 e. The third-order valence-electron chi connectivity index (χ3n) is 4.05. The van der Waals surface area contributed by atoms with Gasteiger partial charge in [-0.05, 0) is 41.3 Å². The summed E-state index contributed by atoms with van der Waals surface area (Å²) < 4.78 is 0. The summed E-state index contributed by atoms with van der Waals surface area (Å²) in [7, 11) is 0. The van der Waals surface area contributed by atoms with Crippen LogP contribution in [0.4, 0.5) is 0 Å². The second-order valence-electron chi connectivity index (χ2n) is 5.43. The quantitative estimate of drug-likeness (QED) is 0.515. The Labute approximate surface area is 121 Å². The van der Waals surface area contributed by atoms with Gasteiger partial charge in [-0.3, -0.25) is 0 Å². The first-order valence-corrected chi connectivity index (χ1v) is 6.69. The number of fused-ring (bicyclic) bond motifs is 1. The van der Waals surface area contributed by atoms with Gasteiger partial charge in [0.1, 0.15) is 11.5 Å². The van der Waals surface area contributed by atoms with E-state index in [4.69, 9.17) is 0 Å². The monoisotopic (exact) mass is 288 g/mol. The maximum Gasteiger partial charge on any atom is 0.157 e.